The molecule has 0 unspecified atom stereocenters. The van der Waals surface area contributed by atoms with Gasteiger partial charge in [0.05, 0.1) is 20.2 Å². The SMILES string of the molecule is COc1ccc(C)cc1[C@H](C)NCC(=O)N1CCNC(=O)C1. The summed E-state index contributed by atoms with van der Waals surface area (Å²) in [6.45, 7) is 5.44. The van der Waals surface area contributed by atoms with Gasteiger partial charge in [0, 0.05) is 24.7 Å². The first kappa shape index (κ1) is 16.3. The number of piperazine rings is 1. The van der Waals surface area contributed by atoms with Crippen molar-refractivity contribution >= 4 is 11.8 Å². The van der Waals surface area contributed by atoms with E-state index in [0.29, 0.717) is 13.1 Å². The quantitative estimate of drug-likeness (QED) is 0.836. The Balaban J connectivity index is 1.94. The third kappa shape index (κ3) is 3.98. The van der Waals surface area contributed by atoms with E-state index in [1.165, 1.54) is 0 Å². The van der Waals surface area contributed by atoms with Crippen LogP contribution in [0.25, 0.3) is 0 Å². The van der Waals surface area contributed by atoms with Crippen LogP contribution in [-0.2, 0) is 9.59 Å². The zero-order valence-corrected chi connectivity index (χ0v) is 13.3. The molecule has 2 amide bonds. The van der Waals surface area contributed by atoms with E-state index in [4.69, 9.17) is 4.74 Å². The molecule has 0 bridgehead atoms. The first-order valence-electron chi connectivity index (χ1n) is 7.43. The molecule has 6 heteroatoms. The lowest BCUT2D eigenvalue weighted by Crippen LogP contribution is -2.52. The van der Waals surface area contributed by atoms with Crippen molar-refractivity contribution < 1.29 is 14.3 Å². The second-order valence-corrected chi connectivity index (χ2v) is 5.51. The summed E-state index contributed by atoms with van der Waals surface area (Å²) in [5.41, 5.74) is 2.16. The van der Waals surface area contributed by atoms with Gasteiger partial charge in [-0.2, -0.15) is 0 Å². The minimum atomic E-state index is -0.104. The molecule has 0 radical (unpaired) electrons. The van der Waals surface area contributed by atoms with Crippen LogP contribution in [0.4, 0.5) is 0 Å². The molecular formula is C16H23N3O3. The summed E-state index contributed by atoms with van der Waals surface area (Å²) in [6, 6.07) is 5.96. The maximum Gasteiger partial charge on any atom is 0.239 e. The molecule has 6 nitrogen and oxygen atoms in total. The standard InChI is InChI=1S/C16H23N3O3/c1-11-4-5-14(22-3)13(8-11)12(2)18-9-16(21)19-7-6-17-15(20)10-19/h4-5,8,12,18H,6-7,9-10H2,1-3H3,(H,17,20)/t12-/m0/s1. The van der Waals surface area contributed by atoms with Crippen molar-refractivity contribution in [1.82, 2.24) is 15.5 Å². The molecular weight excluding hydrogens is 282 g/mol. The first-order chi connectivity index (χ1) is 10.5. The molecule has 2 N–H and O–H groups in total. The van der Waals surface area contributed by atoms with Crippen molar-refractivity contribution in [1.29, 1.82) is 0 Å². The molecule has 1 saturated heterocycles. The lowest BCUT2D eigenvalue weighted by molar-refractivity contribution is -0.137. The molecule has 22 heavy (non-hydrogen) atoms. The molecule has 1 atom stereocenters. The van der Waals surface area contributed by atoms with Gasteiger partial charge in [-0.3, -0.25) is 9.59 Å². The zero-order valence-electron chi connectivity index (χ0n) is 13.3. The molecule has 0 saturated carbocycles. The van der Waals surface area contributed by atoms with E-state index in [0.717, 1.165) is 16.9 Å². The van der Waals surface area contributed by atoms with Crippen LogP contribution in [0.2, 0.25) is 0 Å². The minimum absolute atomic E-state index is 0.0163. The Kier molecular flexibility index (Phi) is 5.38. The molecule has 1 aliphatic heterocycles. The van der Waals surface area contributed by atoms with Gasteiger partial charge in [-0.1, -0.05) is 17.7 Å². The van der Waals surface area contributed by atoms with Crippen molar-refractivity contribution in [3.8, 4) is 5.75 Å². The number of rotatable bonds is 5. The normalized spacial score (nSPS) is 16.1. The van der Waals surface area contributed by atoms with Gasteiger partial charge in [0.25, 0.3) is 0 Å². The Morgan fingerprint density at radius 2 is 2.27 bits per heavy atom. The summed E-state index contributed by atoms with van der Waals surface area (Å²) in [7, 11) is 1.64. The molecule has 1 fully saturated rings. The molecule has 1 aromatic carbocycles. The van der Waals surface area contributed by atoms with E-state index >= 15 is 0 Å². The number of aryl methyl sites for hydroxylation is 1. The van der Waals surface area contributed by atoms with Crippen molar-refractivity contribution in [2.45, 2.75) is 19.9 Å². The van der Waals surface area contributed by atoms with Crippen molar-refractivity contribution in [3.63, 3.8) is 0 Å². The average Bonchev–Trinajstić information content (AvgIpc) is 2.52. The second-order valence-electron chi connectivity index (χ2n) is 5.51. The van der Waals surface area contributed by atoms with Gasteiger partial charge in [-0.25, -0.2) is 0 Å². The van der Waals surface area contributed by atoms with E-state index in [-0.39, 0.29) is 30.9 Å². The molecule has 2 rings (SSSR count). The van der Waals surface area contributed by atoms with Crippen molar-refractivity contribution in [2.24, 2.45) is 0 Å². The minimum Gasteiger partial charge on any atom is -0.496 e. The van der Waals surface area contributed by atoms with E-state index in [9.17, 15) is 9.59 Å². The van der Waals surface area contributed by atoms with E-state index in [2.05, 4.69) is 16.7 Å². The summed E-state index contributed by atoms with van der Waals surface area (Å²) in [5.74, 6) is 0.636. The summed E-state index contributed by atoms with van der Waals surface area (Å²) in [4.78, 5) is 25.0. The monoisotopic (exact) mass is 305 g/mol. The molecule has 0 aliphatic carbocycles. The third-order valence-corrected chi connectivity index (χ3v) is 3.80. The van der Waals surface area contributed by atoms with Gasteiger partial charge in [-0.05, 0) is 19.9 Å². The number of ether oxygens (including phenoxy) is 1. The molecule has 1 aromatic rings. The fraction of sp³-hybridized carbons (Fsp3) is 0.500. The highest BCUT2D eigenvalue weighted by atomic mass is 16.5. The number of nitrogens with zero attached hydrogens (tertiary/aromatic N) is 1. The number of nitrogens with one attached hydrogen (secondary N) is 2. The predicted molar refractivity (Wildman–Crippen MR) is 83.7 cm³/mol. The second kappa shape index (κ2) is 7.26. The van der Waals surface area contributed by atoms with E-state index in [1.807, 2.05) is 26.0 Å². The van der Waals surface area contributed by atoms with Crippen LogP contribution in [0.1, 0.15) is 24.1 Å². The van der Waals surface area contributed by atoms with Crippen LogP contribution in [-0.4, -0.2) is 50.0 Å². The molecule has 0 aromatic heterocycles. The number of methoxy groups -OCH3 is 1. The topological polar surface area (TPSA) is 70.7 Å². The fourth-order valence-electron chi connectivity index (χ4n) is 2.51. The number of hydrogen-bond donors (Lipinski definition) is 2. The van der Waals surface area contributed by atoms with Crippen LogP contribution < -0.4 is 15.4 Å². The van der Waals surface area contributed by atoms with E-state index in [1.54, 1.807) is 12.0 Å². The Labute approximate surface area is 130 Å². The molecule has 120 valence electrons. The van der Waals surface area contributed by atoms with Crippen molar-refractivity contribution in [3.05, 3.63) is 29.3 Å². The van der Waals surface area contributed by atoms with Gasteiger partial charge in [0.15, 0.2) is 0 Å². The van der Waals surface area contributed by atoms with Crippen LogP contribution in [0.5, 0.6) is 5.75 Å². The van der Waals surface area contributed by atoms with Gasteiger partial charge >= 0.3 is 0 Å². The summed E-state index contributed by atoms with van der Waals surface area (Å²) in [5, 5.41) is 5.92. The Hall–Kier alpha value is -2.08. The highest BCUT2D eigenvalue weighted by molar-refractivity contribution is 5.86. The van der Waals surface area contributed by atoms with Crippen LogP contribution >= 0.6 is 0 Å². The number of hydrogen-bond acceptors (Lipinski definition) is 4. The zero-order chi connectivity index (χ0) is 16.1. The number of amides is 2. The smallest absolute Gasteiger partial charge is 0.239 e. The largest absolute Gasteiger partial charge is 0.496 e. The highest BCUT2D eigenvalue weighted by Crippen LogP contribution is 2.25. The average molecular weight is 305 g/mol. The summed E-state index contributed by atoms with van der Waals surface area (Å²) < 4.78 is 5.37. The van der Waals surface area contributed by atoms with Crippen LogP contribution in [0.15, 0.2) is 18.2 Å². The van der Waals surface area contributed by atoms with Gasteiger partial charge in [-0.15, -0.1) is 0 Å². The number of benzene rings is 1. The Morgan fingerprint density at radius 1 is 1.50 bits per heavy atom. The van der Waals surface area contributed by atoms with Gasteiger partial charge in [0.1, 0.15) is 5.75 Å². The Morgan fingerprint density at radius 3 is 2.95 bits per heavy atom. The third-order valence-electron chi connectivity index (χ3n) is 3.80. The van der Waals surface area contributed by atoms with Gasteiger partial charge < -0.3 is 20.3 Å². The number of carbonyl (C=O) groups excluding carboxylic acids is 2. The summed E-state index contributed by atoms with van der Waals surface area (Å²) in [6.07, 6.45) is 0. The maximum atomic E-state index is 12.2. The van der Waals surface area contributed by atoms with Gasteiger partial charge in [0.2, 0.25) is 11.8 Å². The van der Waals surface area contributed by atoms with Crippen LogP contribution in [0, 0.1) is 6.92 Å². The highest BCUT2D eigenvalue weighted by Gasteiger charge is 2.21. The fourth-order valence-corrected chi connectivity index (χ4v) is 2.51. The molecule has 1 aliphatic rings. The first-order valence-corrected chi connectivity index (χ1v) is 7.43. The van der Waals surface area contributed by atoms with E-state index < -0.39 is 0 Å². The summed E-state index contributed by atoms with van der Waals surface area (Å²) >= 11 is 0. The lowest BCUT2D eigenvalue weighted by atomic mass is 10.0. The van der Waals surface area contributed by atoms with Crippen LogP contribution in [0.3, 0.4) is 0 Å². The lowest BCUT2D eigenvalue weighted by Gasteiger charge is -2.27. The maximum absolute atomic E-state index is 12.2. The van der Waals surface area contributed by atoms with Crippen molar-refractivity contribution in [2.75, 3.05) is 33.3 Å². The number of carbonyl (C=O) groups is 2. The molecule has 1 heterocycles. The predicted octanol–water partition coefficient (Wildman–Crippen LogP) is 0.613. The Bertz CT molecular complexity index is 560. The molecule has 0 spiro atoms.